The van der Waals surface area contributed by atoms with Crippen molar-refractivity contribution in [1.82, 2.24) is 0 Å². The highest BCUT2D eigenvalue weighted by molar-refractivity contribution is 5.08. The lowest BCUT2D eigenvalue weighted by Crippen LogP contribution is -2.64. The van der Waals surface area contributed by atoms with Crippen LogP contribution >= 0.6 is 0 Å². The topological polar surface area (TPSA) is 52.0 Å². The summed E-state index contributed by atoms with van der Waals surface area (Å²) < 4.78 is 84.6. The quantitative estimate of drug-likeness (QED) is 0.761. The molecule has 0 aromatic heterocycles. The normalized spacial score (nSPS) is 36.5. The van der Waals surface area contributed by atoms with Crippen LogP contribution in [0.4, 0.5) is 26.3 Å². The molecule has 0 saturated heterocycles. The lowest BCUT2D eigenvalue weighted by Gasteiger charge is -2.46. The summed E-state index contributed by atoms with van der Waals surface area (Å²) in [5.74, 6) is -7.81. The standard InChI is InChI=1S/C15H24F6N2/c16-13(15(19,20)21,9-1-5-11(22)6-2-9)14(17,18)10-3-7-12(23)8-4-10/h9-12H,1-8,22-23H2. The van der Waals surface area contributed by atoms with Crippen LogP contribution in [0.2, 0.25) is 0 Å². The van der Waals surface area contributed by atoms with Gasteiger partial charge in [-0.05, 0) is 51.4 Å². The Morgan fingerprint density at radius 3 is 1.26 bits per heavy atom. The molecule has 0 aliphatic heterocycles. The number of hydrogen-bond donors (Lipinski definition) is 2. The van der Waals surface area contributed by atoms with Crippen LogP contribution in [-0.4, -0.2) is 29.9 Å². The second-order valence-corrected chi connectivity index (χ2v) is 7.06. The largest absolute Gasteiger partial charge is 0.428 e. The summed E-state index contributed by atoms with van der Waals surface area (Å²) >= 11 is 0. The highest BCUT2D eigenvalue weighted by Crippen LogP contribution is 2.57. The van der Waals surface area contributed by atoms with Gasteiger partial charge in [0.05, 0.1) is 0 Å². The van der Waals surface area contributed by atoms with Gasteiger partial charge in [-0.1, -0.05) is 0 Å². The number of nitrogens with two attached hydrogens (primary N) is 2. The minimum atomic E-state index is -5.61. The maximum Gasteiger partial charge on any atom is 0.428 e. The first-order valence-electron chi connectivity index (χ1n) is 8.14. The number of hydrogen-bond acceptors (Lipinski definition) is 2. The Morgan fingerprint density at radius 2 is 0.913 bits per heavy atom. The molecule has 2 aliphatic rings. The van der Waals surface area contributed by atoms with Gasteiger partial charge in [0.2, 0.25) is 0 Å². The van der Waals surface area contributed by atoms with E-state index in [2.05, 4.69) is 0 Å². The zero-order valence-corrected chi connectivity index (χ0v) is 12.9. The van der Waals surface area contributed by atoms with E-state index >= 15 is 4.39 Å². The van der Waals surface area contributed by atoms with Crippen molar-refractivity contribution in [2.24, 2.45) is 23.3 Å². The first-order valence-corrected chi connectivity index (χ1v) is 8.14. The van der Waals surface area contributed by atoms with Gasteiger partial charge < -0.3 is 11.5 Å². The Balaban J connectivity index is 2.29. The molecule has 2 fully saturated rings. The van der Waals surface area contributed by atoms with E-state index < -0.39 is 29.6 Å². The molecule has 136 valence electrons. The smallest absolute Gasteiger partial charge is 0.328 e. The van der Waals surface area contributed by atoms with Crippen molar-refractivity contribution < 1.29 is 26.3 Å². The molecule has 1 atom stereocenters. The summed E-state index contributed by atoms with van der Waals surface area (Å²) in [5.41, 5.74) is 6.74. The van der Waals surface area contributed by atoms with Gasteiger partial charge in [0, 0.05) is 23.9 Å². The molecule has 0 aromatic carbocycles. The average Bonchev–Trinajstić information content (AvgIpc) is 2.46. The molecule has 1 unspecified atom stereocenters. The SMILES string of the molecule is NC1CCC(C(F)(F)C(F)(C2CCC(N)CC2)C(F)(F)F)CC1. The van der Waals surface area contributed by atoms with Gasteiger partial charge >= 0.3 is 6.18 Å². The van der Waals surface area contributed by atoms with Gasteiger partial charge in [0.1, 0.15) is 0 Å². The minimum Gasteiger partial charge on any atom is -0.328 e. The van der Waals surface area contributed by atoms with E-state index in [4.69, 9.17) is 11.5 Å². The molecule has 2 aliphatic carbocycles. The summed E-state index contributed by atoms with van der Waals surface area (Å²) in [4.78, 5) is 0. The Labute approximate surface area is 132 Å². The predicted molar refractivity (Wildman–Crippen MR) is 74.7 cm³/mol. The van der Waals surface area contributed by atoms with E-state index in [0.717, 1.165) is 0 Å². The van der Waals surface area contributed by atoms with Crippen LogP contribution in [0.25, 0.3) is 0 Å². The summed E-state index contributed by atoms with van der Waals surface area (Å²) in [6.45, 7) is 0. The van der Waals surface area contributed by atoms with Crippen LogP contribution in [0.1, 0.15) is 51.4 Å². The molecule has 0 spiro atoms. The molecule has 2 rings (SSSR count). The number of rotatable bonds is 3. The van der Waals surface area contributed by atoms with Crippen LogP contribution < -0.4 is 11.5 Å². The lowest BCUT2D eigenvalue weighted by molar-refractivity contribution is -0.337. The number of alkyl halides is 6. The zero-order chi connectivity index (χ0) is 17.5. The van der Waals surface area contributed by atoms with Crippen molar-refractivity contribution in [3.8, 4) is 0 Å². The van der Waals surface area contributed by atoms with E-state index in [-0.39, 0.29) is 63.5 Å². The van der Waals surface area contributed by atoms with Crippen LogP contribution in [-0.2, 0) is 0 Å². The molecular formula is C15H24F6N2. The monoisotopic (exact) mass is 346 g/mol. The first-order chi connectivity index (χ1) is 10.5. The molecule has 4 N–H and O–H groups in total. The Kier molecular flexibility index (Phi) is 5.26. The van der Waals surface area contributed by atoms with Crippen molar-refractivity contribution in [1.29, 1.82) is 0 Å². The van der Waals surface area contributed by atoms with Crippen LogP contribution in [0.3, 0.4) is 0 Å². The molecule has 0 amide bonds. The van der Waals surface area contributed by atoms with Gasteiger partial charge in [-0.15, -0.1) is 0 Å². The fraction of sp³-hybridized carbons (Fsp3) is 1.00. The molecule has 2 nitrogen and oxygen atoms in total. The third kappa shape index (κ3) is 3.34. The summed E-state index contributed by atoms with van der Waals surface area (Å²) in [7, 11) is 0. The minimum absolute atomic E-state index is 0.137. The highest BCUT2D eigenvalue weighted by atomic mass is 19.4. The molecule has 0 aromatic rings. The van der Waals surface area contributed by atoms with Gasteiger partial charge in [-0.25, -0.2) is 13.2 Å². The molecule has 0 radical (unpaired) electrons. The van der Waals surface area contributed by atoms with E-state index in [1.165, 1.54) is 0 Å². The van der Waals surface area contributed by atoms with E-state index in [0.29, 0.717) is 0 Å². The number of halogens is 6. The Morgan fingerprint density at radius 1 is 0.565 bits per heavy atom. The van der Waals surface area contributed by atoms with Crippen LogP contribution in [0.15, 0.2) is 0 Å². The second kappa shape index (κ2) is 6.43. The zero-order valence-electron chi connectivity index (χ0n) is 12.9. The van der Waals surface area contributed by atoms with Crippen molar-refractivity contribution in [2.45, 2.75) is 81.2 Å². The van der Waals surface area contributed by atoms with Gasteiger partial charge in [-0.2, -0.15) is 13.2 Å². The Hall–Kier alpha value is -0.500. The fourth-order valence-corrected chi connectivity index (χ4v) is 3.99. The van der Waals surface area contributed by atoms with Gasteiger partial charge in [0.25, 0.3) is 11.6 Å². The van der Waals surface area contributed by atoms with Crippen LogP contribution in [0.5, 0.6) is 0 Å². The van der Waals surface area contributed by atoms with Gasteiger partial charge in [0.15, 0.2) is 0 Å². The summed E-state index contributed by atoms with van der Waals surface area (Å²) in [6.07, 6.45) is -5.83. The van der Waals surface area contributed by atoms with Crippen molar-refractivity contribution in [3.63, 3.8) is 0 Å². The fourth-order valence-electron chi connectivity index (χ4n) is 3.99. The average molecular weight is 346 g/mol. The molecular weight excluding hydrogens is 322 g/mol. The predicted octanol–water partition coefficient (Wildman–Crippen LogP) is 3.93. The highest BCUT2D eigenvalue weighted by Gasteiger charge is 2.75. The third-order valence-corrected chi connectivity index (χ3v) is 5.52. The lowest BCUT2D eigenvalue weighted by atomic mass is 9.68. The second-order valence-electron chi connectivity index (χ2n) is 7.06. The Bertz CT molecular complexity index is 397. The molecule has 0 heterocycles. The van der Waals surface area contributed by atoms with E-state index in [9.17, 15) is 22.0 Å². The maximum absolute atomic E-state index is 15.0. The van der Waals surface area contributed by atoms with E-state index in [1.54, 1.807) is 0 Å². The van der Waals surface area contributed by atoms with E-state index in [1.807, 2.05) is 0 Å². The van der Waals surface area contributed by atoms with Crippen LogP contribution in [0, 0.1) is 11.8 Å². The maximum atomic E-state index is 15.0. The third-order valence-electron chi connectivity index (χ3n) is 5.52. The summed E-state index contributed by atoms with van der Waals surface area (Å²) in [5, 5.41) is 0. The van der Waals surface area contributed by atoms with Crippen molar-refractivity contribution in [3.05, 3.63) is 0 Å². The summed E-state index contributed by atoms with van der Waals surface area (Å²) in [6, 6.07) is -0.639. The molecule has 23 heavy (non-hydrogen) atoms. The molecule has 8 heteroatoms. The molecule has 0 bridgehead atoms. The first kappa shape index (κ1) is 18.8. The van der Waals surface area contributed by atoms with Crippen molar-refractivity contribution >= 4 is 0 Å². The van der Waals surface area contributed by atoms with Crippen molar-refractivity contribution in [2.75, 3.05) is 0 Å². The van der Waals surface area contributed by atoms with Gasteiger partial charge in [-0.3, -0.25) is 0 Å². The molecule has 2 saturated carbocycles.